The largest absolute Gasteiger partial charge is 0.445 e. The number of aliphatic hydroxyl groups is 2. The smallest absolute Gasteiger partial charge is 0.407 e. The third-order valence-electron chi connectivity index (χ3n) is 6.83. The molecule has 2 saturated heterocycles. The summed E-state index contributed by atoms with van der Waals surface area (Å²) in [5.74, 6) is 0.0871. The summed E-state index contributed by atoms with van der Waals surface area (Å²) in [4.78, 5) is 13.9. The SMILES string of the molecule is C=CCOC(=O)NCc1ccc(C2OC(CN3CCC(O)C3)C(C)C(c3ccc(CO)cc3)O2)cc1. The van der Waals surface area contributed by atoms with Gasteiger partial charge >= 0.3 is 6.09 Å². The molecule has 0 bridgehead atoms. The monoisotopic (exact) mass is 496 g/mol. The summed E-state index contributed by atoms with van der Waals surface area (Å²) >= 11 is 0. The number of benzene rings is 2. The highest BCUT2D eigenvalue weighted by Crippen LogP contribution is 2.42. The molecule has 0 spiro atoms. The zero-order valence-corrected chi connectivity index (χ0v) is 20.7. The van der Waals surface area contributed by atoms with Crippen LogP contribution < -0.4 is 5.32 Å². The van der Waals surface area contributed by atoms with Crippen LogP contribution in [0.15, 0.2) is 61.2 Å². The van der Waals surface area contributed by atoms with E-state index in [2.05, 4.69) is 23.7 Å². The Balaban J connectivity index is 1.48. The summed E-state index contributed by atoms with van der Waals surface area (Å²) < 4.78 is 17.9. The highest BCUT2D eigenvalue weighted by Gasteiger charge is 2.39. The van der Waals surface area contributed by atoms with Crippen molar-refractivity contribution < 1.29 is 29.2 Å². The van der Waals surface area contributed by atoms with E-state index in [1.807, 2.05) is 48.5 Å². The number of likely N-dealkylation sites (tertiary alicyclic amines) is 1. The Morgan fingerprint density at radius 3 is 2.47 bits per heavy atom. The maximum absolute atomic E-state index is 11.7. The van der Waals surface area contributed by atoms with Crippen molar-refractivity contribution in [3.05, 3.63) is 83.4 Å². The molecule has 0 aliphatic carbocycles. The van der Waals surface area contributed by atoms with Gasteiger partial charge in [-0.15, -0.1) is 0 Å². The number of hydrogen-bond donors (Lipinski definition) is 3. The van der Waals surface area contributed by atoms with E-state index in [-0.39, 0.29) is 37.4 Å². The first kappa shape index (κ1) is 26.3. The van der Waals surface area contributed by atoms with Crippen molar-refractivity contribution >= 4 is 6.09 Å². The number of carbonyl (C=O) groups is 1. The fourth-order valence-corrected chi connectivity index (χ4v) is 4.71. The average molecular weight is 497 g/mol. The zero-order chi connectivity index (χ0) is 25.5. The maximum atomic E-state index is 11.7. The third kappa shape index (κ3) is 6.72. The minimum atomic E-state index is -0.555. The van der Waals surface area contributed by atoms with Gasteiger partial charge in [-0.2, -0.15) is 0 Å². The topological polar surface area (TPSA) is 100 Å². The minimum Gasteiger partial charge on any atom is -0.445 e. The molecule has 5 unspecified atom stereocenters. The number of nitrogens with one attached hydrogen (secondary N) is 1. The molecule has 2 heterocycles. The molecule has 0 radical (unpaired) electrons. The lowest BCUT2D eigenvalue weighted by atomic mass is 9.90. The van der Waals surface area contributed by atoms with Crippen LogP contribution in [-0.2, 0) is 27.4 Å². The van der Waals surface area contributed by atoms with Crippen LogP contribution in [0.1, 0.15) is 48.0 Å². The summed E-state index contributed by atoms with van der Waals surface area (Å²) in [7, 11) is 0. The van der Waals surface area contributed by atoms with Gasteiger partial charge in [-0.1, -0.05) is 68.1 Å². The van der Waals surface area contributed by atoms with Crippen molar-refractivity contribution in [2.45, 2.75) is 51.1 Å². The van der Waals surface area contributed by atoms with Gasteiger partial charge in [0.2, 0.25) is 0 Å². The van der Waals surface area contributed by atoms with Crippen LogP contribution in [0.3, 0.4) is 0 Å². The van der Waals surface area contributed by atoms with Gasteiger partial charge in [-0.25, -0.2) is 4.79 Å². The van der Waals surface area contributed by atoms with Crippen LogP contribution in [0.2, 0.25) is 0 Å². The molecular formula is C28H36N2O6. The van der Waals surface area contributed by atoms with E-state index in [0.717, 1.165) is 41.8 Å². The minimum absolute atomic E-state index is 0.000187. The van der Waals surface area contributed by atoms with E-state index in [1.165, 1.54) is 6.08 Å². The van der Waals surface area contributed by atoms with Gasteiger partial charge in [0.1, 0.15) is 6.61 Å². The van der Waals surface area contributed by atoms with Gasteiger partial charge in [0.05, 0.1) is 24.9 Å². The summed E-state index contributed by atoms with van der Waals surface area (Å²) in [6, 6.07) is 15.6. The molecule has 2 aliphatic heterocycles. The lowest BCUT2D eigenvalue weighted by Crippen LogP contribution is -2.44. The molecule has 0 aromatic heterocycles. The molecule has 8 nitrogen and oxygen atoms in total. The van der Waals surface area contributed by atoms with E-state index in [1.54, 1.807) is 0 Å². The zero-order valence-electron chi connectivity index (χ0n) is 20.7. The first-order valence-electron chi connectivity index (χ1n) is 12.5. The van der Waals surface area contributed by atoms with Crippen LogP contribution in [0.25, 0.3) is 0 Å². The average Bonchev–Trinajstić information content (AvgIpc) is 3.32. The Morgan fingerprint density at radius 1 is 1.14 bits per heavy atom. The maximum Gasteiger partial charge on any atom is 0.407 e. The number of aliphatic hydroxyl groups excluding tert-OH is 2. The number of alkyl carbamates (subject to hydrolysis) is 1. The molecule has 5 atom stereocenters. The normalized spacial score (nSPS) is 26.5. The van der Waals surface area contributed by atoms with Crippen LogP contribution in [-0.4, -0.2) is 59.7 Å². The van der Waals surface area contributed by atoms with Crippen molar-refractivity contribution in [1.29, 1.82) is 0 Å². The summed E-state index contributed by atoms with van der Waals surface area (Å²) in [5, 5.41) is 22.1. The highest BCUT2D eigenvalue weighted by molar-refractivity contribution is 5.67. The molecule has 4 rings (SSSR count). The third-order valence-corrected chi connectivity index (χ3v) is 6.83. The summed E-state index contributed by atoms with van der Waals surface area (Å²) in [6.45, 7) is 8.41. The lowest BCUT2D eigenvalue weighted by molar-refractivity contribution is -0.276. The highest BCUT2D eigenvalue weighted by atomic mass is 16.7. The first-order valence-corrected chi connectivity index (χ1v) is 12.5. The van der Waals surface area contributed by atoms with Crippen molar-refractivity contribution in [1.82, 2.24) is 10.2 Å². The van der Waals surface area contributed by atoms with Crippen molar-refractivity contribution in [2.24, 2.45) is 5.92 Å². The second kappa shape index (κ2) is 12.5. The summed E-state index contributed by atoms with van der Waals surface area (Å²) in [5.41, 5.74) is 3.72. The van der Waals surface area contributed by atoms with Gasteiger partial charge in [0, 0.05) is 37.7 Å². The Labute approximate surface area is 212 Å². The number of ether oxygens (including phenoxy) is 3. The number of carbonyl (C=O) groups excluding carboxylic acids is 1. The number of amides is 1. The molecular weight excluding hydrogens is 460 g/mol. The van der Waals surface area contributed by atoms with E-state index < -0.39 is 12.4 Å². The number of nitrogens with zero attached hydrogens (tertiary/aromatic N) is 1. The molecule has 3 N–H and O–H groups in total. The summed E-state index contributed by atoms with van der Waals surface area (Å²) in [6.07, 6.45) is 0.703. The van der Waals surface area contributed by atoms with E-state index in [0.29, 0.717) is 13.1 Å². The van der Waals surface area contributed by atoms with Crippen LogP contribution in [0.4, 0.5) is 4.79 Å². The Morgan fingerprint density at radius 2 is 1.83 bits per heavy atom. The van der Waals surface area contributed by atoms with E-state index in [4.69, 9.17) is 14.2 Å². The Kier molecular flexibility index (Phi) is 9.12. The quantitative estimate of drug-likeness (QED) is 0.457. The van der Waals surface area contributed by atoms with Crippen molar-refractivity contribution in [3.8, 4) is 0 Å². The fourth-order valence-electron chi connectivity index (χ4n) is 4.71. The molecule has 0 saturated carbocycles. The molecule has 2 fully saturated rings. The molecule has 2 aliphatic rings. The second-order valence-electron chi connectivity index (χ2n) is 9.51. The second-order valence-corrected chi connectivity index (χ2v) is 9.51. The molecule has 36 heavy (non-hydrogen) atoms. The van der Waals surface area contributed by atoms with Crippen molar-refractivity contribution in [2.75, 3.05) is 26.2 Å². The van der Waals surface area contributed by atoms with Crippen LogP contribution in [0, 0.1) is 5.92 Å². The number of hydrogen-bond acceptors (Lipinski definition) is 7. The first-order chi connectivity index (χ1) is 17.5. The van der Waals surface area contributed by atoms with Gasteiger partial charge in [-0.3, -0.25) is 4.90 Å². The standard InChI is InChI=1S/C28H36N2O6/c1-3-14-34-28(33)29-15-20-4-10-23(11-5-20)27-35-25(17-30-13-12-24(32)16-30)19(2)26(36-27)22-8-6-21(18-31)7-9-22/h3-11,19,24-27,31-32H,1,12-18H2,2H3,(H,29,33). The molecule has 2 aromatic rings. The lowest BCUT2D eigenvalue weighted by Gasteiger charge is -2.42. The van der Waals surface area contributed by atoms with Crippen molar-refractivity contribution in [3.63, 3.8) is 0 Å². The Hall–Kier alpha value is -2.75. The number of β-amino-alcohol motifs (C(OH)–C–C–N with tert-alkyl or cyclic N) is 1. The molecule has 2 aromatic carbocycles. The predicted molar refractivity (Wildman–Crippen MR) is 135 cm³/mol. The molecule has 8 heteroatoms. The molecule has 194 valence electrons. The van der Waals surface area contributed by atoms with Gasteiger partial charge in [0.15, 0.2) is 6.29 Å². The Bertz CT molecular complexity index is 996. The predicted octanol–water partition coefficient (Wildman–Crippen LogP) is 3.45. The number of rotatable bonds is 9. The van der Waals surface area contributed by atoms with E-state index >= 15 is 0 Å². The molecule has 1 amide bonds. The van der Waals surface area contributed by atoms with E-state index in [9.17, 15) is 15.0 Å². The van der Waals surface area contributed by atoms with Gasteiger partial charge in [-0.05, 0) is 23.1 Å². The van der Waals surface area contributed by atoms with Crippen LogP contribution in [0.5, 0.6) is 0 Å². The van der Waals surface area contributed by atoms with Gasteiger partial charge in [0.25, 0.3) is 0 Å². The fraction of sp³-hybridized carbons (Fsp3) is 0.464. The van der Waals surface area contributed by atoms with Crippen LogP contribution >= 0.6 is 0 Å². The van der Waals surface area contributed by atoms with Gasteiger partial charge < -0.3 is 29.7 Å².